The van der Waals surface area contributed by atoms with E-state index >= 15 is 0 Å². The van der Waals surface area contributed by atoms with Crippen molar-refractivity contribution in [3.63, 3.8) is 0 Å². The molecule has 0 bridgehead atoms. The van der Waals surface area contributed by atoms with Crippen LogP contribution in [-0.2, 0) is 4.79 Å². The molecule has 1 aliphatic carbocycles. The SMILES string of the molecule is CN(C)c1ccc(N)c(OCC(=O)NC2CC2)c1. The number of ether oxygens (including phenoxy) is 1. The van der Waals surface area contributed by atoms with E-state index in [9.17, 15) is 4.79 Å². The summed E-state index contributed by atoms with van der Waals surface area (Å²) in [4.78, 5) is 13.5. The maximum Gasteiger partial charge on any atom is 0.258 e. The molecule has 5 heteroatoms. The third kappa shape index (κ3) is 3.29. The van der Waals surface area contributed by atoms with Crippen LogP contribution >= 0.6 is 0 Å². The standard InChI is InChI=1S/C13H19N3O2/c1-16(2)10-5-6-11(14)12(7-10)18-8-13(17)15-9-3-4-9/h5-7,9H,3-4,8,14H2,1-2H3,(H,15,17). The molecule has 3 N–H and O–H groups in total. The Bertz CT molecular complexity index is 442. The van der Waals surface area contributed by atoms with Gasteiger partial charge in [-0.25, -0.2) is 0 Å². The number of anilines is 2. The van der Waals surface area contributed by atoms with Crippen molar-refractivity contribution < 1.29 is 9.53 Å². The fourth-order valence-electron chi connectivity index (χ4n) is 1.57. The summed E-state index contributed by atoms with van der Waals surface area (Å²) in [7, 11) is 3.88. The summed E-state index contributed by atoms with van der Waals surface area (Å²) in [5.74, 6) is 0.458. The van der Waals surface area contributed by atoms with Crippen molar-refractivity contribution in [1.82, 2.24) is 5.32 Å². The van der Waals surface area contributed by atoms with E-state index in [2.05, 4.69) is 5.32 Å². The zero-order valence-electron chi connectivity index (χ0n) is 10.8. The monoisotopic (exact) mass is 249 g/mol. The van der Waals surface area contributed by atoms with E-state index in [-0.39, 0.29) is 12.5 Å². The average molecular weight is 249 g/mol. The molecule has 1 saturated carbocycles. The summed E-state index contributed by atoms with van der Waals surface area (Å²) in [5.41, 5.74) is 7.34. The number of benzene rings is 1. The summed E-state index contributed by atoms with van der Waals surface area (Å²) >= 11 is 0. The van der Waals surface area contributed by atoms with E-state index < -0.39 is 0 Å². The number of carbonyl (C=O) groups is 1. The second-order valence-electron chi connectivity index (χ2n) is 4.75. The Hall–Kier alpha value is -1.91. The number of nitrogens with one attached hydrogen (secondary N) is 1. The van der Waals surface area contributed by atoms with Crippen LogP contribution in [0.1, 0.15) is 12.8 Å². The van der Waals surface area contributed by atoms with E-state index in [1.807, 2.05) is 31.1 Å². The van der Waals surface area contributed by atoms with Gasteiger partial charge in [0.05, 0.1) is 5.69 Å². The Morgan fingerprint density at radius 3 is 2.83 bits per heavy atom. The Kier molecular flexibility index (Phi) is 3.60. The average Bonchev–Trinajstić information content (AvgIpc) is 3.11. The molecule has 1 fully saturated rings. The smallest absolute Gasteiger partial charge is 0.258 e. The molecule has 0 aromatic heterocycles. The van der Waals surface area contributed by atoms with Crippen LogP contribution in [0.4, 0.5) is 11.4 Å². The molecule has 1 aromatic rings. The molecule has 0 unspecified atom stereocenters. The molecule has 0 atom stereocenters. The number of amides is 1. The Morgan fingerprint density at radius 1 is 1.50 bits per heavy atom. The Balaban J connectivity index is 1.94. The molecule has 5 nitrogen and oxygen atoms in total. The van der Waals surface area contributed by atoms with E-state index in [0.29, 0.717) is 17.5 Å². The normalized spacial score (nSPS) is 14.1. The maximum atomic E-state index is 11.5. The van der Waals surface area contributed by atoms with Crippen molar-refractivity contribution in [3.05, 3.63) is 18.2 Å². The van der Waals surface area contributed by atoms with Crippen LogP contribution < -0.4 is 20.7 Å². The van der Waals surface area contributed by atoms with Crippen LogP contribution in [-0.4, -0.2) is 32.7 Å². The summed E-state index contributed by atoms with van der Waals surface area (Å²) in [5, 5.41) is 2.87. The van der Waals surface area contributed by atoms with Gasteiger partial charge in [-0.1, -0.05) is 0 Å². The predicted octanol–water partition coefficient (Wildman–Crippen LogP) is 0.992. The second kappa shape index (κ2) is 5.16. The Morgan fingerprint density at radius 2 is 2.22 bits per heavy atom. The zero-order chi connectivity index (χ0) is 13.1. The molecular weight excluding hydrogens is 230 g/mol. The molecule has 2 rings (SSSR count). The third-order valence-corrected chi connectivity index (χ3v) is 2.81. The van der Waals surface area contributed by atoms with E-state index in [1.165, 1.54) is 0 Å². The molecule has 1 aromatic carbocycles. The molecule has 0 saturated heterocycles. The molecular formula is C13H19N3O2. The minimum absolute atomic E-state index is 0.0115. The Labute approximate surface area is 107 Å². The highest BCUT2D eigenvalue weighted by Gasteiger charge is 2.23. The van der Waals surface area contributed by atoms with Crippen LogP contribution in [0, 0.1) is 0 Å². The first-order valence-corrected chi connectivity index (χ1v) is 6.05. The number of nitrogens with zero attached hydrogens (tertiary/aromatic N) is 1. The van der Waals surface area contributed by atoms with Gasteiger partial charge in [-0.15, -0.1) is 0 Å². The molecule has 0 spiro atoms. The fraction of sp³-hybridized carbons (Fsp3) is 0.462. The highest BCUT2D eigenvalue weighted by atomic mass is 16.5. The molecule has 1 aliphatic rings. The van der Waals surface area contributed by atoms with Crippen molar-refractivity contribution in [1.29, 1.82) is 0 Å². The van der Waals surface area contributed by atoms with Gasteiger partial charge >= 0.3 is 0 Å². The van der Waals surface area contributed by atoms with Gasteiger partial charge in [0.15, 0.2) is 6.61 Å². The number of nitrogen functional groups attached to an aromatic ring is 1. The van der Waals surface area contributed by atoms with Crippen LogP contribution in [0.15, 0.2) is 18.2 Å². The van der Waals surface area contributed by atoms with Gasteiger partial charge in [0.25, 0.3) is 5.91 Å². The van der Waals surface area contributed by atoms with Crippen molar-refractivity contribution >= 4 is 17.3 Å². The van der Waals surface area contributed by atoms with Crippen LogP contribution in [0.2, 0.25) is 0 Å². The van der Waals surface area contributed by atoms with Crippen LogP contribution in [0.3, 0.4) is 0 Å². The summed E-state index contributed by atoms with van der Waals surface area (Å²) < 4.78 is 5.45. The molecule has 0 radical (unpaired) electrons. The summed E-state index contributed by atoms with van der Waals surface area (Å²) in [6.07, 6.45) is 2.15. The highest BCUT2D eigenvalue weighted by molar-refractivity contribution is 5.78. The van der Waals surface area contributed by atoms with Gasteiger partial charge in [-0.2, -0.15) is 0 Å². The quantitative estimate of drug-likeness (QED) is 0.764. The zero-order valence-corrected chi connectivity index (χ0v) is 10.8. The molecule has 98 valence electrons. The molecule has 1 amide bonds. The number of hydrogen-bond acceptors (Lipinski definition) is 4. The number of carbonyl (C=O) groups excluding carboxylic acids is 1. The first kappa shape index (κ1) is 12.5. The van der Waals surface area contributed by atoms with Crippen LogP contribution in [0.25, 0.3) is 0 Å². The largest absolute Gasteiger partial charge is 0.482 e. The highest BCUT2D eigenvalue weighted by Crippen LogP contribution is 2.26. The summed E-state index contributed by atoms with van der Waals surface area (Å²) in [6, 6.07) is 5.88. The lowest BCUT2D eigenvalue weighted by molar-refractivity contribution is -0.123. The van der Waals surface area contributed by atoms with Crippen molar-refractivity contribution in [2.24, 2.45) is 0 Å². The first-order valence-electron chi connectivity index (χ1n) is 6.05. The van der Waals surface area contributed by atoms with Crippen LogP contribution in [0.5, 0.6) is 5.75 Å². The predicted molar refractivity (Wildman–Crippen MR) is 71.8 cm³/mol. The van der Waals surface area contributed by atoms with Gasteiger partial charge in [0.1, 0.15) is 5.75 Å². The van der Waals surface area contributed by atoms with E-state index in [1.54, 1.807) is 6.07 Å². The molecule has 0 heterocycles. The maximum absolute atomic E-state index is 11.5. The van der Waals surface area contributed by atoms with Crippen molar-refractivity contribution in [2.75, 3.05) is 31.3 Å². The first-order chi connectivity index (χ1) is 8.56. The third-order valence-electron chi connectivity index (χ3n) is 2.81. The lowest BCUT2D eigenvalue weighted by atomic mass is 10.2. The minimum Gasteiger partial charge on any atom is -0.482 e. The van der Waals surface area contributed by atoms with Crippen molar-refractivity contribution in [2.45, 2.75) is 18.9 Å². The number of rotatable bonds is 5. The van der Waals surface area contributed by atoms with Gasteiger partial charge in [-0.05, 0) is 25.0 Å². The lowest BCUT2D eigenvalue weighted by Gasteiger charge is -2.15. The van der Waals surface area contributed by atoms with E-state index in [4.69, 9.17) is 10.5 Å². The van der Waals surface area contributed by atoms with Crippen molar-refractivity contribution in [3.8, 4) is 5.75 Å². The van der Waals surface area contributed by atoms with Gasteiger partial charge in [0.2, 0.25) is 0 Å². The van der Waals surface area contributed by atoms with Gasteiger partial charge in [-0.3, -0.25) is 4.79 Å². The number of nitrogens with two attached hydrogens (primary N) is 1. The van der Waals surface area contributed by atoms with E-state index in [0.717, 1.165) is 18.5 Å². The molecule has 18 heavy (non-hydrogen) atoms. The number of hydrogen-bond donors (Lipinski definition) is 2. The topological polar surface area (TPSA) is 67.6 Å². The second-order valence-corrected chi connectivity index (χ2v) is 4.75. The van der Waals surface area contributed by atoms with Gasteiger partial charge in [0, 0.05) is 31.9 Å². The molecule has 0 aliphatic heterocycles. The fourth-order valence-corrected chi connectivity index (χ4v) is 1.57. The summed E-state index contributed by atoms with van der Waals surface area (Å²) in [6.45, 7) is 0.0115. The lowest BCUT2D eigenvalue weighted by Crippen LogP contribution is -2.30. The van der Waals surface area contributed by atoms with Gasteiger partial charge < -0.3 is 20.7 Å². The minimum atomic E-state index is -0.0906.